The van der Waals surface area contributed by atoms with Crippen molar-refractivity contribution < 1.29 is 9.13 Å². The second-order valence-corrected chi connectivity index (χ2v) is 6.88. The Morgan fingerprint density at radius 3 is 2.85 bits per heavy atom. The monoisotopic (exact) mass is 355 g/mol. The Kier molecular flexibility index (Phi) is 4.38. The van der Waals surface area contributed by atoms with Crippen molar-refractivity contribution in [3.05, 3.63) is 50.4 Å². The van der Waals surface area contributed by atoms with Crippen LogP contribution in [0, 0.1) is 5.82 Å². The lowest BCUT2D eigenvalue weighted by Gasteiger charge is -2.08. The highest BCUT2D eigenvalue weighted by atomic mass is 79.9. The van der Waals surface area contributed by atoms with Crippen LogP contribution in [0.15, 0.2) is 34.1 Å². The van der Waals surface area contributed by atoms with Crippen LogP contribution in [0.5, 0.6) is 5.75 Å². The Morgan fingerprint density at radius 2 is 2.15 bits per heavy atom. The number of rotatable bonds is 6. The van der Waals surface area contributed by atoms with Crippen molar-refractivity contribution in [2.24, 2.45) is 0 Å². The molecule has 0 saturated heterocycles. The number of ether oxygens (including phenoxy) is 1. The molecule has 1 saturated carbocycles. The fourth-order valence-corrected chi connectivity index (χ4v) is 3.30. The van der Waals surface area contributed by atoms with Crippen molar-refractivity contribution in [1.29, 1.82) is 0 Å². The van der Waals surface area contributed by atoms with E-state index in [0.29, 0.717) is 24.9 Å². The Bertz CT molecular complexity index is 597. The molecule has 1 aliphatic carbocycles. The lowest BCUT2D eigenvalue weighted by Crippen LogP contribution is -2.15. The van der Waals surface area contributed by atoms with Crippen molar-refractivity contribution >= 4 is 27.3 Å². The molecule has 5 heteroatoms. The molecule has 1 N–H and O–H groups in total. The summed E-state index contributed by atoms with van der Waals surface area (Å²) in [5.41, 5.74) is 0.930. The maximum Gasteiger partial charge on any atom is 0.127 e. The third-order valence-electron chi connectivity index (χ3n) is 3.11. The number of hydrogen-bond donors (Lipinski definition) is 1. The van der Waals surface area contributed by atoms with Gasteiger partial charge < -0.3 is 10.1 Å². The van der Waals surface area contributed by atoms with Crippen LogP contribution in [0.3, 0.4) is 0 Å². The molecule has 2 aromatic rings. The second-order valence-electron chi connectivity index (χ2n) is 4.97. The fourth-order valence-electron chi connectivity index (χ4n) is 1.94. The lowest BCUT2D eigenvalue weighted by atomic mass is 10.2. The first-order chi connectivity index (χ1) is 9.69. The summed E-state index contributed by atoms with van der Waals surface area (Å²) in [4.78, 5) is 1.11. The minimum absolute atomic E-state index is 0.248. The summed E-state index contributed by atoms with van der Waals surface area (Å²) in [7, 11) is 0. The van der Waals surface area contributed by atoms with Gasteiger partial charge in [0.25, 0.3) is 0 Å². The highest BCUT2D eigenvalue weighted by Gasteiger charge is 2.20. The van der Waals surface area contributed by atoms with Gasteiger partial charge >= 0.3 is 0 Å². The number of halogens is 2. The molecule has 0 bridgehead atoms. The third kappa shape index (κ3) is 4.04. The lowest BCUT2D eigenvalue weighted by molar-refractivity contribution is 0.307. The van der Waals surface area contributed by atoms with E-state index < -0.39 is 0 Å². The highest BCUT2D eigenvalue weighted by molar-refractivity contribution is 9.10. The predicted octanol–water partition coefficient (Wildman–Crippen LogP) is 4.48. The predicted molar refractivity (Wildman–Crippen MR) is 82.6 cm³/mol. The van der Waals surface area contributed by atoms with E-state index in [2.05, 4.69) is 21.2 Å². The molecule has 2 nitrogen and oxygen atoms in total. The van der Waals surface area contributed by atoms with Gasteiger partial charge in [0.2, 0.25) is 0 Å². The first-order valence-electron chi connectivity index (χ1n) is 6.57. The quantitative estimate of drug-likeness (QED) is 0.824. The second kappa shape index (κ2) is 6.24. The summed E-state index contributed by atoms with van der Waals surface area (Å²) in [5, 5.41) is 5.39. The summed E-state index contributed by atoms with van der Waals surface area (Å²) in [6, 6.07) is 7.53. The highest BCUT2D eigenvalue weighted by Crippen LogP contribution is 2.24. The van der Waals surface area contributed by atoms with Gasteiger partial charge in [0.15, 0.2) is 0 Å². The fraction of sp³-hybridized carbons (Fsp3) is 0.333. The van der Waals surface area contributed by atoms with Crippen LogP contribution >= 0.6 is 27.3 Å². The van der Waals surface area contributed by atoms with Gasteiger partial charge in [-0.25, -0.2) is 4.39 Å². The number of hydrogen-bond acceptors (Lipinski definition) is 3. The van der Waals surface area contributed by atoms with Crippen LogP contribution in [0.2, 0.25) is 0 Å². The van der Waals surface area contributed by atoms with E-state index in [1.807, 2.05) is 17.5 Å². The van der Waals surface area contributed by atoms with Crippen LogP contribution in [0.4, 0.5) is 4.39 Å². The average molecular weight is 356 g/mol. The smallest absolute Gasteiger partial charge is 0.127 e. The van der Waals surface area contributed by atoms with E-state index >= 15 is 0 Å². The van der Waals surface area contributed by atoms with E-state index in [-0.39, 0.29) is 5.82 Å². The molecule has 0 atom stereocenters. The SMILES string of the molecule is Fc1cc(CNC2CC2)cc(OCc2cc(Br)cs2)c1. The Balaban J connectivity index is 1.62. The van der Waals surface area contributed by atoms with Gasteiger partial charge in [-0.3, -0.25) is 0 Å². The summed E-state index contributed by atoms with van der Waals surface area (Å²) < 4.78 is 20.3. The maximum absolute atomic E-state index is 13.6. The molecule has 1 heterocycles. The van der Waals surface area contributed by atoms with E-state index in [9.17, 15) is 4.39 Å². The van der Waals surface area contributed by atoms with Crippen LogP contribution in [-0.2, 0) is 13.2 Å². The Morgan fingerprint density at radius 1 is 1.30 bits per heavy atom. The molecule has 1 aromatic carbocycles. The molecule has 1 fully saturated rings. The summed E-state index contributed by atoms with van der Waals surface area (Å²) in [5.74, 6) is 0.338. The van der Waals surface area contributed by atoms with E-state index in [4.69, 9.17) is 4.74 Å². The van der Waals surface area contributed by atoms with Crippen LogP contribution < -0.4 is 10.1 Å². The van der Waals surface area contributed by atoms with E-state index in [1.165, 1.54) is 18.9 Å². The minimum atomic E-state index is -0.248. The third-order valence-corrected chi connectivity index (χ3v) is 4.78. The van der Waals surface area contributed by atoms with Crippen molar-refractivity contribution in [2.45, 2.75) is 32.0 Å². The zero-order valence-corrected chi connectivity index (χ0v) is 13.3. The molecule has 1 aliphatic rings. The van der Waals surface area contributed by atoms with E-state index in [1.54, 1.807) is 17.4 Å². The van der Waals surface area contributed by atoms with Crippen molar-refractivity contribution in [2.75, 3.05) is 0 Å². The molecule has 0 unspecified atom stereocenters. The number of nitrogens with one attached hydrogen (secondary N) is 1. The molecule has 0 radical (unpaired) electrons. The van der Waals surface area contributed by atoms with Crippen molar-refractivity contribution in [3.63, 3.8) is 0 Å². The molecule has 20 heavy (non-hydrogen) atoms. The molecule has 1 aromatic heterocycles. The van der Waals surface area contributed by atoms with Gasteiger partial charge in [0, 0.05) is 33.4 Å². The molecular formula is C15H15BrFNOS. The van der Waals surface area contributed by atoms with Crippen molar-refractivity contribution in [1.82, 2.24) is 5.32 Å². The van der Waals surface area contributed by atoms with Gasteiger partial charge in [0.1, 0.15) is 18.2 Å². The van der Waals surface area contributed by atoms with E-state index in [0.717, 1.165) is 14.9 Å². The molecule has 0 amide bonds. The number of thiophene rings is 1. The largest absolute Gasteiger partial charge is 0.488 e. The van der Waals surface area contributed by atoms with Gasteiger partial charge in [0.05, 0.1) is 0 Å². The van der Waals surface area contributed by atoms with Crippen LogP contribution in [-0.4, -0.2) is 6.04 Å². The summed E-state index contributed by atoms with van der Waals surface area (Å²) in [6.07, 6.45) is 2.46. The zero-order chi connectivity index (χ0) is 13.9. The standard InChI is InChI=1S/C15H15BrFNOS/c16-11-5-15(20-9-11)8-19-14-4-10(3-12(17)6-14)7-18-13-1-2-13/h3-6,9,13,18H,1-2,7-8H2. The van der Waals surface area contributed by atoms with Gasteiger partial charge in [-0.2, -0.15) is 0 Å². The first kappa shape index (κ1) is 14.0. The topological polar surface area (TPSA) is 21.3 Å². The summed E-state index contributed by atoms with van der Waals surface area (Å²) >= 11 is 5.03. The molecule has 3 rings (SSSR count). The number of benzene rings is 1. The van der Waals surface area contributed by atoms with Crippen LogP contribution in [0.1, 0.15) is 23.3 Å². The van der Waals surface area contributed by atoms with Gasteiger partial charge in [-0.05, 0) is 52.5 Å². The Labute approximate surface area is 130 Å². The normalized spacial score (nSPS) is 14.5. The van der Waals surface area contributed by atoms with Crippen LogP contribution in [0.25, 0.3) is 0 Å². The minimum Gasteiger partial charge on any atom is -0.488 e. The molecule has 106 valence electrons. The average Bonchev–Trinajstić information content (AvgIpc) is 3.15. The Hall–Kier alpha value is -0.910. The first-order valence-corrected chi connectivity index (χ1v) is 8.25. The van der Waals surface area contributed by atoms with Gasteiger partial charge in [-0.1, -0.05) is 0 Å². The zero-order valence-electron chi connectivity index (χ0n) is 10.9. The molecule has 0 aliphatic heterocycles. The molecular weight excluding hydrogens is 341 g/mol. The van der Waals surface area contributed by atoms with Crippen molar-refractivity contribution in [3.8, 4) is 5.75 Å². The summed E-state index contributed by atoms with van der Waals surface area (Å²) in [6.45, 7) is 1.17. The van der Waals surface area contributed by atoms with Gasteiger partial charge in [-0.15, -0.1) is 11.3 Å². The molecule has 0 spiro atoms. The maximum atomic E-state index is 13.6.